The predicted molar refractivity (Wildman–Crippen MR) is 60.2 cm³/mol. The lowest BCUT2D eigenvalue weighted by molar-refractivity contribution is 0.602. The van der Waals surface area contributed by atoms with E-state index in [0.717, 1.165) is 0 Å². The van der Waals surface area contributed by atoms with E-state index in [0.29, 0.717) is 4.90 Å². The summed E-state index contributed by atoms with van der Waals surface area (Å²) in [7, 11) is 1.81. The van der Waals surface area contributed by atoms with Crippen LogP contribution < -0.4 is 0 Å². The van der Waals surface area contributed by atoms with Gasteiger partial charge in [0.15, 0.2) is 9.84 Å². The van der Waals surface area contributed by atoms with Crippen molar-refractivity contribution >= 4 is 39.5 Å². The number of halogens is 2. The number of benzene rings is 1. The monoisotopic (exact) mass is 290 g/mol. The van der Waals surface area contributed by atoms with Crippen LogP contribution in [0.3, 0.4) is 0 Å². The van der Waals surface area contributed by atoms with Gasteiger partial charge in [-0.2, -0.15) is 8.42 Å². The Morgan fingerprint density at radius 2 is 1.27 bits per heavy atom. The van der Waals surface area contributed by atoms with Crippen LogP contribution in [0.1, 0.15) is 0 Å². The second kappa shape index (κ2) is 5.69. The molecule has 0 fully saturated rings. The summed E-state index contributed by atoms with van der Waals surface area (Å²) in [5.41, 5.74) is 0. The van der Waals surface area contributed by atoms with E-state index in [-0.39, 0.29) is 0 Å². The van der Waals surface area contributed by atoms with Crippen molar-refractivity contribution in [3.8, 4) is 0 Å². The molecule has 0 saturated heterocycles. The molecule has 8 heteroatoms. The van der Waals surface area contributed by atoms with Gasteiger partial charge in [-0.15, -0.1) is 0 Å². The van der Waals surface area contributed by atoms with Crippen molar-refractivity contribution < 1.29 is 16.8 Å². The van der Waals surface area contributed by atoms with Crippen LogP contribution in [0.25, 0.3) is 0 Å². The summed E-state index contributed by atoms with van der Waals surface area (Å²) in [4.78, 5) is 0.370. The molecule has 0 heterocycles. The predicted octanol–water partition coefficient (Wildman–Crippen LogP) is 1.80. The van der Waals surface area contributed by atoms with Gasteiger partial charge in [-0.3, -0.25) is 0 Å². The molecule has 1 rings (SSSR count). The zero-order valence-corrected chi connectivity index (χ0v) is 10.7. The molecule has 0 radical (unpaired) electrons. The summed E-state index contributed by atoms with van der Waals surface area (Å²) < 4.78 is 40.0. The van der Waals surface area contributed by atoms with E-state index in [1.54, 1.807) is 30.3 Å². The minimum Gasteiger partial charge on any atom is -0.224 e. The second-order valence-electron chi connectivity index (χ2n) is 2.46. The van der Waals surface area contributed by atoms with E-state index in [9.17, 15) is 8.42 Å². The van der Waals surface area contributed by atoms with Gasteiger partial charge in [0.25, 0.3) is 0 Å². The highest BCUT2D eigenvalue weighted by Gasteiger charge is 2.02. The van der Waals surface area contributed by atoms with Crippen molar-refractivity contribution in [2.75, 3.05) is 6.26 Å². The van der Waals surface area contributed by atoms with Crippen molar-refractivity contribution in [2.45, 2.75) is 4.90 Å². The summed E-state index contributed by atoms with van der Waals surface area (Å²) >= 11 is 0. The number of hydrogen-bond donors (Lipinski definition) is 0. The maximum Gasteiger partial charge on any atom is 0.317 e. The molecule has 0 atom stereocenters. The van der Waals surface area contributed by atoms with E-state index in [2.05, 4.69) is 21.4 Å². The Bertz CT molecular complexity index is 485. The first kappa shape index (κ1) is 14.7. The SMILES string of the molecule is CS(=O)(=O)c1ccccc1.O=S(=O)(Cl)Cl. The molecule has 0 aliphatic heterocycles. The summed E-state index contributed by atoms with van der Waals surface area (Å²) in [5.74, 6) is 0. The van der Waals surface area contributed by atoms with Crippen LogP contribution >= 0.6 is 21.4 Å². The van der Waals surface area contributed by atoms with Gasteiger partial charge in [0.05, 0.1) is 4.90 Å². The van der Waals surface area contributed by atoms with Crippen molar-refractivity contribution in [2.24, 2.45) is 0 Å². The molecule has 0 aromatic heterocycles. The van der Waals surface area contributed by atoms with Crippen LogP contribution in [0.15, 0.2) is 35.2 Å². The molecule has 0 aliphatic carbocycles. The van der Waals surface area contributed by atoms with Crippen LogP contribution in [-0.4, -0.2) is 23.1 Å². The fraction of sp³-hybridized carbons (Fsp3) is 0.143. The fourth-order valence-electron chi connectivity index (χ4n) is 0.668. The largest absolute Gasteiger partial charge is 0.317 e. The zero-order chi connectivity index (χ0) is 12.1. The molecular weight excluding hydrogens is 283 g/mol. The molecule has 4 nitrogen and oxygen atoms in total. The molecule has 0 unspecified atom stereocenters. The Labute approximate surface area is 97.7 Å². The molecule has 0 N–H and O–H groups in total. The number of sulfone groups is 1. The maximum atomic E-state index is 10.8. The molecule has 0 saturated carbocycles. The van der Waals surface area contributed by atoms with Gasteiger partial charge in [0.1, 0.15) is 0 Å². The zero-order valence-electron chi connectivity index (χ0n) is 7.59. The molecule has 0 amide bonds. The quantitative estimate of drug-likeness (QED) is 0.740. The number of hydrogen-bond acceptors (Lipinski definition) is 4. The lowest BCUT2D eigenvalue weighted by Crippen LogP contribution is -1.95. The summed E-state index contributed by atoms with van der Waals surface area (Å²) in [6.07, 6.45) is 1.20. The van der Waals surface area contributed by atoms with Crippen LogP contribution in [-0.2, 0) is 18.1 Å². The smallest absolute Gasteiger partial charge is 0.224 e. The molecule has 1 aromatic rings. The molecule has 1 aromatic carbocycles. The standard InChI is InChI=1S/C7H8O2S.Cl2O2S/c1-10(8,9)7-5-3-2-4-6-7;1-5(2,3)4/h2-6H,1H3;. The summed E-state index contributed by atoms with van der Waals surface area (Å²) in [6, 6.07) is 8.35. The van der Waals surface area contributed by atoms with Gasteiger partial charge in [0.2, 0.25) is 0 Å². The Morgan fingerprint density at radius 1 is 0.933 bits per heavy atom. The highest BCUT2D eigenvalue weighted by atomic mass is 36.0. The van der Waals surface area contributed by atoms with E-state index < -0.39 is 18.1 Å². The Balaban J connectivity index is 0.000000336. The Hall–Kier alpha value is -0.300. The first-order valence-electron chi connectivity index (χ1n) is 3.50. The molecule has 86 valence electrons. The molecule has 15 heavy (non-hydrogen) atoms. The lowest BCUT2D eigenvalue weighted by Gasteiger charge is -1.93. The van der Waals surface area contributed by atoms with Gasteiger partial charge >= 0.3 is 8.26 Å². The van der Waals surface area contributed by atoms with Gasteiger partial charge in [0, 0.05) is 27.6 Å². The van der Waals surface area contributed by atoms with Crippen LogP contribution in [0.5, 0.6) is 0 Å². The van der Waals surface area contributed by atoms with Crippen molar-refractivity contribution in [3.63, 3.8) is 0 Å². The topological polar surface area (TPSA) is 68.3 Å². The normalized spacial score (nSPS) is 11.4. The van der Waals surface area contributed by atoms with E-state index in [1.165, 1.54) is 6.26 Å². The van der Waals surface area contributed by atoms with Crippen LogP contribution in [0.2, 0.25) is 0 Å². The van der Waals surface area contributed by atoms with Crippen molar-refractivity contribution in [1.29, 1.82) is 0 Å². The summed E-state index contributed by atoms with van der Waals surface area (Å²) in [5, 5.41) is 0. The van der Waals surface area contributed by atoms with Gasteiger partial charge in [-0.05, 0) is 12.1 Å². The van der Waals surface area contributed by atoms with E-state index in [4.69, 9.17) is 8.42 Å². The van der Waals surface area contributed by atoms with E-state index >= 15 is 0 Å². The Kier molecular flexibility index (Phi) is 5.58. The van der Waals surface area contributed by atoms with Crippen LogP contribution in [0.4, 0.5) is 0 Å². The average Bonchev–Trinajstić information content (AvgIpc) is 2.01. The van der Waals surface area contributed by atoms with Gasteiger partial charge in [-0.1, -0.05) is 18.2 Å². The summed E-state index contributed by atoms with van der Waals surface area (Å²) in [6.45, 7) is 0. The maximum absolute atomic E-state index is 10.8. The van der Waals surface area contributed by atoms with Crippen molar-refractivity contribution in [1.82, 2.24) is 0 Å². The number of rotatable bonds is 1. The third-order valence-electron chi connectivity index (χ3n) is 1.17. The molecular formula is C7H8Cl2O4S2. The highest BCUT2D eigenvalue weighted by Crippen LogP contribution is 2.05. The fourth-order valence-corrected chi connectivity index (χ4v) is 1.32. The highest BCUT2D eigenvalue weighted by molar-refractivity contribution is 8.31. The third-order valence-corrected chi connectivity index (χ3v) is 2.30. The van der Waals surface area contributed by atoms with Gasteiger partial charge in [-0.25, -0.2) is 8.42 Å². The van der Waals surface area contributed by atoms with Crippen LogP contribution in [0, 0.1) is 0 Å². The Morgan fingerprint density at radius 3 is 1.47 bits per heavy atom. The average molecular weight is 291 g/mol. The van der Waals surface area contributed by atoms with Crippen molar-refractivity contribution in [3.05, 3.63) is 30.3 Å². The van der Waals surface area contributed by atoms with Gasteiger partial charge < -0.3 is 0 Å². The molecule has 0 aliphatic rings. The first-order chi connectivity index (χ1) is 6.61. The first-order valence-corrected chi connectivity index (χ1v) is 8.53. The third kappa shape index (κ3) is 9.99. The second-order valence-corrected chi connectivity index (χ2v) is 8.15. The minimum atomic E-state index is -3.72. The lowest BCUT2D eigenvalue weighted by atomic mass is 10.4. The van der Waals surface area contributed by atoms with E-state index in [1.807, 2.05) is 0 Å². The molecule has 0 bridgehead atoms. The minimum absolute atomic E-state index is 0.370. The molecule has 0 spiro atoms.